The molecule has 7 atom stereocenters. The minimum atomic E-state index is -1.08. The maximum absolute atomic E-state index is 14.2. The molecule has 3 aliphatic carbocycles. The first-order chi connectivity index (χ1) is 17.4. The van der Waals surface area contributed by atoms with Gasteiger partial charge < -0.3 is 26.0 Å². The molecule has 0 spiro atoms. The number of carbonyl (C=O) groups excluding carboxylic acids is 5. The van der Waals surface area contributed by atoms with Crippen molar-refractivity contribution >= 4 is 29.6 Å². The predicted octanol–water partition coefficient (Wildman–Crippen LogP) is 2.03. The van der Waals surface area contributed by atoms with E-state index >= 15 is 0 Å². The number of nitrogens with two attached hydrogens (primary N) is 1. The number of nitrogens with one attached hydrogen (secondary N) is 2. The third-order valence-electron chi connectivity index (χ3n) is 8.55. The van der Waals surface area contributed by atoms with E-state index in [1.807, 2.05) is 6.92 Å². The van der Waals surface area contributed by atoms with Gasteiger partial charge in [0.1, 0.15) is 17.7 Å². The molecule has 206 valence electrons. The van der Waals surface area contributed by atoms with E-state index in [0.29, 0.717) is 24.7 Å². The Morgan fingerprint density at radius 3 is 2.24 bits per heavy atom. The van der Waals surface area contributed by atoms with Crippen LogP contribution < -0.4 is 16.4 Å². The molecule has 10 nitrogen and oxygen atoms in total. The van der Waals surface area contributed by atoms with Crippen LogP contribution >= 0.6 is 0 Å². The Morgan fingerprint density at radius 2 is 1.65 bits per heavy atom. The molecule has 1 saturated heterocycles. The Morgan fingerprint density at radius 1 is 0.973 bits per heavy atom. The number of alkyl carbamates (subject to hydrolysis) is 1. The van der Waals surface area contributed by atoms with Gasteiger partial charge in [0.15, 0.2) is 0 Å². The number of carbonyl (C=O) groups is 5. The summed E-state index contributed by atoms with van der Waals surface area (Å²) in [7, 11) is 0. The number of amides is 4. The van der Waals surface area contributed by atoms with Gasteiger partial charge in [-0.2, -0.15) is 0 Å². The van der Waals surface area contributed by atoms with E-state index in [1.54, 1.807) is 25.7 Å². The van der Waals surface area contributed by atoms with Gasteiger partial charge in [-0.15, -0.1) is 0 Å². The number of fused-ring (bicyclic) bond motifs is 5. The van der Waals surface area contributed by atoms with Gasteiger partial charge in [0.2, 0.25) is 17.6 Å². The first kappa shape index (κ1) is 27.4. The normalized spacial score (nSPS) is 30.2. The number of rotatable bonds is 9. The number of nitrogens with zero attached hydrogens (tertiary/aromatic N) is 1. The Bertz CT molecular complexity index is 940. The zero-order valence-corrected chi connectivity index (χ0v) is 22.5. The molecule has 2 bridgehead atoms. The van der Waals surface area contributed by atoms with Crippen LogP contribution in [0.25, 0.3) is 0 Å². The van der Waals surface area contributed by atoms with Gasteiger partial charge in [0, 0.05) is 6.04 Å². The lowest BCUT2D eigenvalue weighted by Crippen LogP contribution is -2.61. The van der Waals surface area contributed by atoms with Gasteiger partial charge in [-0.25, -0.2) is 4.79 Å². The van der Waals surface area contributed by atoms with E-state index < -0.39 is 47.4 Å². The summed E-state index contributed by atoms with van der Waals surface area (Å²) in [5, 5.41) is 5.61. The van der Waals surface area contributed by atoms with Crippen molar-refractivity contribution in [2.24, 2.45) is 29.4 Å². The zero-order chi connectivity index (χ0) is 27.1. The smallest absolute Gasteiger partial charge is 0.408 e. The fourth-order valence-electron chi connectivity index (χ4n) is 6.95. The van der Waals surface area contributed by atoms with Gasteiger partial charge in [0.25, 0.3) is 5.91 Å². The van der Waals surface area contributed by atoms with Crippen LogP contribution in [0.1, 0.15) is 85.5 Å². The average molecular weight is 519 g/mol. The summed E-state index contributed by atoms with van der Waals surface area (Å²) in [6, 6.07) is -2.56. The van der Waals surface area contributed by atoms with Crippen LogP contribution in [0.5, 0.6) is 0 Å². The molecule has 37 heavy (non-hydrogen) atoms. The summed E-state index contributed by atoms with van der Waals surface area (Å²) in [6.07, 6.45) is 6.67. The van der Waals surface area contributed by atoms with Crippen LogP contribution in [-0.4, -0.2) is 64.3 Å². The average Bonchev–Trinajstić information content (AvgIpc) is 3.44. The lowest BCUT2D eigenvalue weighted by Gasteiger charge is -2.39. The minimum Gasteiger partial charge on any atom is -0.444 e. The van der Waals surface area contributed by atoms with Crippen LogP contribution in [0, 0.1) is 23.7 Å². The van der Waals surface area contributed by atoms with Crippen LogP contribution in [0.4, 0.5) is 4.79 Å². The van der Waals surface area contributed by atoms with Gasteiger partial charge in [-0.3, -0.25) is 19.2 Å². The third kappa shape index (κ3) is 5.77. The number of hydrogen-bond donors (Lipinski definition) is 3. The van der Waals surface area contributed by atoms with E-state index in [1.165, 1.54) is 0 Å². The monoisotopic (exact) mass is 518 g/mol. The topological polar surface area (TPSA) is 148 Å². The van der Waals surface area contributed by atoms with Crippen molar-refractivity contribution in [1.29, 1.82) is 0 Å². The van der Waals surface area contributed by atoms with E-state index in [4.69, 9.17) is 10.5 Å². The number of primary amides is 1. The van der Waals surface area contributed by atoms with Crippen molar-refractivity contribution in [3.8, 4) is 0 Å². The van der Waals surface area contributed by atoms with Gasteiger partial charge in [-0.1, -0.05) is 32.6 Å². The van der Waals surface area contributed by atoms with Crippen LogP contribution in [0.15, 0.2) is 0 Å². The summed E-state index contributed by atoms with van der Waals surface area (Å²) >= 11 is 0. The van der Waals surface area contributed by atoms with Crippen LogP contribution in [0.2, 0.25) is 0 Å². The molecule has 1 heterocycles. The minimum absolute atomic E-state index is 0.0124. The Kier molecular flexibility index (Phi) is 7.85. The standard InChI is InChI=1S/C27H42N4O6/c1-5-9-18(22(32)23(28)33)29-24(34)21-17-13-19(16-12-15(16)17)31(21)25(35)20(14-10-7-6-8-11-14)30-26(36)37-27(2,3)4/h14-21H,5-13H2,1-4H3,(H2,28,33)(H,29,34)(H,30,36)/t15?,16?,17?,18?,19?,20-,21?/m0/s1. The summed E-state index contributed by atoms with van der Waals surface area (Å²) < 4.78 is 5.48. The highest BCUT2D eigenvalue weighted by Gasteiger charge is 2.67. The highest BCUT2D eigenvalue weighted by atomic mass is 16.6. The zero-order valence-electron chi connectivity index (χ0n) is 22.5. The van der Waals surface area contributed by atoms with E-state index in [-0.39, 0.29) is 23.8 Å². The van der Waals surface area contributed by atoms with Crippen LogP contribution in [-0.2, 0) is 23.9 Å². The molecule has 6 unspecified atom stereocenters. The van der Waals surface area contributed by atoms with Crippen molar-refractivity contribution in [2.45, 2.75) is 115 Å². The highest BCUT2D eigenvalue weighted by molar-refractivity contribution is 6.37. The number of ether oxygens (including phenoxy) is 1. The molecule has 0 aromatic heterocycles. The van der Waals surface area contributed by atoms with Gasteiger partial charge in [0.05, 0.1) is 6.04 Å². The molecule has 0 aromatic carbocycles. The van der Waals surface area contributed by atoms with E-state index in [2.05, 4.69) is 10.6 Å². The Balaban J connectivity index is 1.57. The Labute approximate surface area is 218 Å². The fourth-order valence-corrected chi connectivity index (χ4v) is 6.95. The molecule has 1 aliphatic heterocycles. The molecule has 4 amide bonds. The number of piperidine rings is 1. The molecule has 4 fully saturated rings. The number of ketones is 1. The second-order valence-electron chi connectivity index (χ2n) is 12.3. The molecule has 4 rings (SSSR count). The highest BCUT2D eigenvalue weighted by Crippen LogP contribution is 2.63. The molecule has 4 N–H and O–H groups in total. The third-order valence-corrected chi connectivity index (χ3v) is 8.55. The van der Waals surface area contributed by atoms with Crippen LogP contribution in [0.3, 0.4) is 0 Å². The molecule has 0 aromatic rings. The quantitative estimate of drug-likeness (QED) is 0.398. The predicted molar refractivity (Wildman–Crippen MR) is 135 cm³/mol. The maximum Gasteiger partial charge on any atom is 0.408 e. The van der Waals surface area contributed by atoms with E-state index in [9.17, 15) is 24.0 Å². The summed E-state index contributed by atoms with van der Waals surface area (Å²) in [4.78, 5) is 66.2. The molecule has 0 radical (unpaired) electrons. The summed E-state index contributed by atoms with van der Waals surface area (Å²) in [5.74, 6) is -1.82. The molecule has 3 saturated carbocycles. The first-order valence-corrected chi connectivity index (χ1v) is 13.9. The van der Waals surface area contributed by atoms with Crippen molar-refractivity contribution in [3.63, 3.8) is 0 Å². The lowest BCUT2D eigenvalue weighted by molar-refractivity contribution is -0.147. The summed E-state index contributed by atoms with van der Waals surface area (Å²) in [6.45, 7) is 7.18. The molecule has 4 aliphatic rings. The second-order valence-corrected chi connectivity index (χ2v) is 12.3. The second kappa shape index (κ2) is 10.6. The largest absolute Gasteiger partial charge is 0.444 e. The van der Waals surface area contributed by atoms with Gasteiger partial charge in [-0.05, 0) is 76.5 Å². The van der Waals surface area contributed by atoms with Gasteiger partial charge >= 0.3 is 6.09 Å². The SMILES string of the molecule is CCCC(NC(=O)C1C2CC(C3CC32)N1C(=O)[C@@H](NC(=O)OC(C)(C)C)C1CCCCC1)C(=O)C(N)=O. The first-order valence-electron chi connectivity index (χ1n) is 13.9. The fraction of sp³-hybridized carbons (Fsp3) is 0.815. The van der Waals surface area contributed by atoms with Crippen molar-refractivity contribution in [3.05, 3.63) is 0 Å². The van der Waals surface area contributed by atoms with Crippen molar-refractivity contribution < 1.29 is 28.7 Å². The molecule has 10 heteroatoms. The lowest BCUT2D eigenvalue weighted by atomic mass is 9.83. The van der Waals surface area contributed by atoms with Crippen molar-refractivity contribution in [1.82, 2.24) is 15.5 Å². The number of hydrogen-bond acceptors (Lipinski definition) is 6. The Hall–Kier alpha value is -2.65. The number of Topliss-reactive ketones (excluding diaryl/α,β-unsaturated/α-hetero) is 1. The maximum atomic E-state index is 14.2. The summed E-state index contributed by atoms with van der Waals surface area (Å²) in [5.41, 5.74) is 4.51. The molecular weight excluding hydrogens is 476 g/mol. The van der Waals surface area contributed by atoms with Crippen molar-refractivity contribution in [2.75, 3.05) is 0 Å². The van der Waals surface area contributed by atoms with E-state index in [0.717, 1.165) is 44.9 Å². The molecular formula is C27H42N4O6. The number of likely N-dealkylation sites (tertiary alicyclic amines) is 1.